The van der Waals surface area contributed by atoms with Crippen molar-refractivity contribution in [2.45, 2.75) is 46.2 Å². The van der Waals surface area contributed by atoms with E-state index in [-0.39, 0.29) is 29.6 Å². The van der Waals surface area contributed by atoms with Crippen molar-refractivity contribution in [2.24, 2.45) is 0 Å². The molecule has 0 aliphatic heterocycles. The first kappa shape index (κ1) is 17.5. The molecule has 1 nitrogen and oxygen atoms in total. The summed E-state index contributed by atoms with van der Waals surface area (Å²) in [6, 6.07) is 6.41. The fraction of sp³-hybridized carbons (Fsp3) is 0.538. The van der Waals surface area contributed by atoms with Crippen molar-refractivity contribution in [3.8, 4) is 0 Å². The number of pyridine rings is 1. The molecule has 0 N–H and O–H groups in total. The van der Waals surface area contributed by atoms with Gasteiger partial charge in [0.2, 0.25) is 0 Å². The number of rotatable bonds is 3. The Labute approximate surface area is 131 Å². The largest absolute Gasteiger partial charge is 1.00 e. The molecule has 0 aromatic carbocycles. The van der Waals surface area contributed by atoms with E-state index in [2.05, 4.69) is 64.4 Å². The van der Waals surface area contributed by atoms with E-state index in [0.717, 1.165) is 5.69 Å². The number of hydrogen-bond donors (Lipinski definition) is 0. The van der Waals surface area contributed by atoms with E-state index in [4.69, 9.17) is 4.98 Å². The van der Waals surface area contributed by atoms with Gasteiger partial charge in [0.1, 0.15) is 0 Å². The van der Waals surface area contributed by atoms with Gasteiger partial charge in [-0.25, -0.2) is 0 Å². The first-order chi connectivity index (χ1) is 7.12. The molecule has 0 fully saturated rings. The van der Waals surface area contributed by atoms with Gasteiger partial charge in [0, 0.05) is 5.69 Å². The van der Waals surface area contributed by atoms with Gasteiger partial charge in [-0.3, -0.25) is 4.98 Å². The van der Waals surface area contributed by atoms with Crippen LogP contribution in [-0.4, -0.2) is 21.1 Å². The number of nitrogens with zero attached hydrogens (tertiary/aromatic N) is 1. The minimum atomic E-state index is -1.27. The van der Waals surface area contributed by atoms with E-state index in [1.54, 1.807) is 5.16 Å². The van der Waals surface area contributed by atoms with Gasteiger partial charge in [-0.15, -0.1) is 6.07 Å². The predicted octanol–water partition coefficient (Wildman–Crippen LogP) is 1.07. The molecule has 1 heterocycles. The summed E-state index contributed by atoms with van der Waals surface area (Å²) in [5, 5.41) is 1.70. The van der Waals surface area contributed by atoms with E-state index in [1.165, 1.54) is 5.69 Å². The van der Waals surface area contributed by atoms with Crippen molar-refractivity contribution in [2.75, 3.05) is 0 Å². The molecular formula is C13H24NNaSi2. The van der Waals surface area contributed by atoms with Crippen LogP contribution in [0.5, 0.6) is 0 Å². The Kier molecular flexibility index (Phi) is 6.23. The Hall–Kier alpha value is 0.454. The van der Waals surface area contributed by atoms with Crippen LogP contribution in [-0.2, 0) is 0 Å². The van der Waals surface area contributed by atoms with E-state index >= 15 is 0 Å². The zero-order valence-corrected chi connectivity index (χ0v) is 16.7. The van der Waals surface area contributed by atoms with Crippen LogP contribution in [0.1, 0.15) is 11.4 Å². The van der Waals surface area contributed by atoms with Crippen molar-refractivity contribution in [1.82, 2.24) is 4.98 Å². The average molecular weight is 274 g/mol. The number of aromatic nitrogens is 1. The molecule has 1 aromatic heterocycles. The Balaban J connectivity index is 0.00000256. The fourth-order valence-corrected chi connectivity index (χ4v) is 13.4. The predicted molar refractivity (Wildman–Crippen MR) is 78.0 cm³/mol. The zero-order chi connectivity index (χ0) is 12.6. The van der Waals surface area contributed by atoms with Gasteiger partial charge >= 0.3 is 29.6 Å². The van der Waals surface area contributed by atoms with Crippen LogP contribution in [0.2, 0.25) is 39.3 Å². The monoisotopic (exact) mass is 273 g/mol. The van der Waals surface area contributed by atoms with Gasteiger partial charge in [0.05, 0.1) is 0 Å². The topological polar surface area (TPSA) is 12.9 Å². The van der Waals surface area contributed by atoms with Crippen LogP contribution in [0.25, 0.3) is 0 Å². The molecule has 0 spiro atoms. The molecule has 0 radical (unpaired) electrons. The van der Waals surface area contributed by atoms with Gasteiger partial charge in [-0.2, -0.15) is 11.2 Å². The number of hydrogen-bond acceptors (Lipinski definition) is 1. The molecule has 17 heavy (non-hydrogen) atoms. The van der Waals surface area contributed by atoms with Crippen LogP contribution >= 0.6 is 0 Å². The number of aryl methyl sites for hydroxylation is 1. The normalized spacial score (nSPS) is 11.9. The van der Waals surface area contributed by atoms with Crippen LogP contribution in [0.4, 0.5) is 0 Å². The van der Waals surface area contributed by atoms with Crippen LogP contribution in [0.15, 0.2) is 18.2 Å². The molecule has 0 saturated heterocycles. The van der Waals surface area contributed by atoms with Crippen molar-refractivity contribution < 1.29 is 29.6 Å². The molecular weight excluding hydrogens is 249 g/mol. The third kappa shape index (κ3) is 4.91. The molecule has 0 amide bonds. The first-order valence-corrected chi connectivity index (χ1v) is 12.9. The third-order valence-corrected chi connectivity index (χ3v) is 10.7. The Morgan fingerprint density at radius 1 is 0.941 bits per heavy atom. The molecule has 0 atom stereocenters. The maximum absolute atomic E-state index is 4.74. The van der Waals surface area contributed by atoms with Crippen LogP contribution < -0.4 is 29.6 Å². The first-order valence-electron chi connectivity index (χ1n) is 5.94. The molecule has 1 rings (SSSR count). The summed E-state index contributed by atoms with van der Waals surface area (Å²) in [4.78, 5) is 4.74. The van der Waals surface area contributed by atoms with Gasteiger partial charge in [-0.05, 0) is 23.1 Å². The van der Waals surface area contributed by atoms with Crippen molar-refractivity contribution in [3.63, 3.8) is 0 Å². The maximum Gasteiger partial charge on any atom is 1.00 e. The molecule has 0 unspecified atom stereocenters. The van der Waals surface area contributed by atoms with E-state index in [0.29, 0.717) is 0 Å². The van der Waals surface area contributed by atoms with Crippen molar-refractivity contribution in [3.05, 3.63) is 34.8 Å². The third-order valence-electron chi connectivity index (χ3n) is 2.64. The molecule has 0 aliphatic rings. The Morgan fingerprint density at radius 2 is 1.41 bits per heavy atom. The van der Waals surface area contributed by atoms with Crippen LogP contribution in [0, 0.1) is 12.1 Å². The van der Waals surface area contributed by atoms with E-state index in [9.17, 15) is 0 Å². The smallest absolute Gasteiger partial charge is 0.292 e. The van der Waals surface area contributed by atoms with Gasteiger partial charge < -0.3 is 0 Å². The fourth-order valence-electron chi connectivity index (χ4n) is 2.58. The quantitative estimate of drug-likeness (QED) is 0.593. The summed E-state index contributed by atoms with van der Waals surface area (Å²) in [5.41, 5.74) is 2.39. The minimum Gasteiger partial charge on any atom is -0.292 e. The van der Waals surface area contributed by atoms with Gasteiger partial charge in [-0.1, -0.05) is 51.0 Å². The molecule has 1 aromatic rings. The molecule has 0 bridgehead atoms. The standard InChI is InChI=1S/C13H24NSi2.Na/c1-11-9-8-10-12(14-11)13(15(2,3)4)16(5,6)7;/h8-10H,1-7H3;/q-1;+1. The summed E-state index contributed by atoms with van der Waals surface area (Å²) in [5.74, 6) is 0. The average Bonchev–Trinajstić information content (AvgIpc) is 1.97. The SMILES string of the molecule is Cc1cccc([C-]([Si](C)(C)C)[Si](C)(C)C)n1.[Na+]. The summed E-state index contributed by atoms with van der Waals surface area (Å²) in [6.45, 7) is 16.7. The molecule has 0 saturated carbocycles. The zero-order valence-electron chi connectivity index (χ0n) is 12.7. The molecule has 4 heteroatoms. The molecule has 0 aliphatic carbocycles. The van der Waals surface area contributed by atoms with E-state index < -0.39 is 16.1 Å². The summed E-state index contributed by atoms with van der Waals surface area (Å²) >= 11 is 0. The minimum absolute atomic E-state index is 0. The van der Waals surface area contributed by atoms with Crippen molar-refractivity contribution >= 4 is 16.1 Å². The summed E-state index contributed by atoms with van der Waals surface area (Å²) in [7, 11) is -2.54. The maximum atomic E-state index is 4.74. The van der Waals surface area contributed by atoms with E-state index in [1.807, 2.05) is 0 Å². The van der Waals surface area contributed by atoms with Gasteiger partial charge in [0.25, 0.3) is 0 Å². The summed E-state index contributed by atoms with van der Waals surface area (Å²) < 4.78 is 0. The Bertz CT molecular complexity index is 352. The second kappa shape index (κ2) is 6.06. The molecule has 90 valence electrons. The second-order valence-electron chi connectivity index (χ2n) is 6.54. The van der Waals surface area contributed by atoms with Crippen LogP contribution in [0.3, 0.4) is 0 Å². The summed E-state index contributed by atoms with van der Waals surface area (Å²) in [6.07, 6.45) is 0. The Morgan fingerprint density at radius 3 is 1.76 bits per heavy atom. The van der Waals surface area contributed by atoms with Crippen molar-refractivity contribution in [1.29, 1.82) is 0 Å². The second-order valence-corrected chi connectivity index (χ2v) is 17.0. The van der Waals surface area contributed by atoms with Gasteiger partial charge in [0.15, 0.2) is 0 Å².